The summed E-state index contributed by atoms with van der Waals surface area (Å²) in [5.41, 5.74) is 1.31. The third-order valence-corrected chi connectivity index (χ3v) is 4.87. The van der Waals surface area contributed by atoms with E-state index in [1.54, 1.807) is 0 Å². The average molecular weight is 354 g/mol. The Hall–Kier alpha value is -2.48. The third kappa shape index (κ3) is 4.78. The summed E-state index contributed by atoms with van der Waals surface area (Å²) < 4.78 is 5.69. The standard InChI is InChI=1S/C19H26N6O/c20-11-17(12-21)19-23-5-9-25(19)8-4-22-13-16-10-18(26-15-16)14-24-6-2-1-3-7-24/h10,15,22-23H,1-9,13-14H2. The Morgan fingerprint density at radius 1 is 1.19 bits per heavy atom. The summed E-state index contributed by atoms with van der Waals surface area (Å²) in [5.74, 6) is 1.69. The van der Waals surface area contributed by atoms with Crippen molar-refractivity contribution in [2.24, 2.45) is 0 Å². The summed E-state index contributed by atoms with van der Waals surface area (Å²) in [6, 6.07) is 6.04. The Labute approximate surface area is 154 Å². The quantitative estimate of drug-likeness (QED) is 0.566. The Bertz CT molecular complexity index is 688. The molecule has 0 radical (unpaired) electrons. The van der Waals surface area contributed by atoms with Crippen molar-refractivity contribution in [3.63, 3.8) is 0 Å². The molecule has 138 valence electrons. The van der Waals surface area contributed by atoms with E-state index >= 15 is 0 Å². The molecule has 0 bridgehead atoms. The lowest BCUT2D eigenvalue weighted by molar-refractivity contribution is 0.205. The number of hydrogen-bond acceptors (Lipinski definition) is 7. The number of rotatable bonds is 7. The smallest absolute Gasteiger partial charge is 0.169 e. The SMILES string of the molecule is N#CC(C#N)=C1NCCN1CCNCc1coc(CN2CCCCC2)c1. The van der Waals surface area contributed by atoms with Gasteiger partial charge in [0, 0.05) is 38.3 Å². The van der Waals surface area contributed by atoms with Gasteiger partial charge in [0.15, 0.2) is 5.57 Å². The highest BCUT2D eigenvalue weighted by Gasteiger charge is 2.20. The van der Waals surface area contributed by atoms with Gasteiger partial charge in [-0.25, -0.2) is 0 Å². The van der Waals surface area contributed by atoms with Gasteiger partial charge in [-0.3, -0.25) is 4.90 Å². The normalized spacial score (nSPS) is 17.6. The Morgan fingerprint density at radius 2 is 2.00 bits per heavy atom. The maximum absolute atomic E-state index is 9.02. The molecule has 0 unspecified atom stereocenters. The van der Waals surface area contributed by atoms with Crippen LogP contribution in [0.2, 0.25) is 0 Å². The van der Waals surface area contributed by atoms with E-state index in [0.717, 1.165) is 50.6 Å². The van der Waals surface area contributed by atoms with Crippen LogP contribution in [0.25, 0.3) is 0 Å². The van der Waals surface area contributed by atoms with Crippen molar-refractivity contribution in [2.45, 2.75) is 32.4 Å². The summed E-state index contributed by atoms with van der Waals surface area (Å²) in [6.07, 6.45) is 5.75. The second-order valence-corrected chi connectivity index (χ2v) is 6.80. The van der Waals surface area contributed by atoms with Crippen molar-refractivity contribution < 1.29 is 4.42 Å². The molecule has 26 heavy (non-hydrogen) atoms. The molecule has 2 aliphatic heterocycles. The maximum Gasteiger partial charge on any atom is 0.169 e. The fourth-order valence-corrected chi connectivity index (χ4v) is 3.52. The monoisotopic (exact) mass is 354 g/mol. The Balaban J connectivity index is 1.41. The van der Waals surface area contributed by atoms with Crippen LogP contribution < -0.4 is 10.6 Å². The highest BCUT2D eigenvalue weighted by molar-refractivity contribution is 5.39. The molecule has 0 aromatic carbocycles. The maximum atomic E-state index is 9.02. The number of likely N-dealkylation sites (tertiary alicyclic amines) is 1. The van der Waals surface area contributed by atoms with Crippen molar-refractivity contribution in [2.75, 3.05) is 39.3 Å². The number of piperidine rings is 1. The van der Waals surface area contributed by atoms with E-state index < -0.39 is 0 Å². The zero-order valence-electron chi connectivity index (χ0n) is 15.1. The number of nitrogens with zero attached hydrogens (tertiary/aromatic N) is 4. The lowest BCUT2D eigenvalue weighted by atomic mass is 10.1. The first-order valence-corrected chi connectivity index (χ1v) is 9.33. The number of nitrogens with one attached hydrogen (secondary N) is 2. The first-order chi connectivity index (χ1) is 12.8. The van der Waals surface area contributed by atoms with Crippen molar-refractivity contribution in [1.29, 1.82) is 10.5 Å². The molecule has 2 saturated heterocycles. The minimum Gasteiger partial charge on any atom is -0.468 e. The third-order valence-electron chi connectivity index (χ3n) is 4.87. The van der Waals surface area contributed by atoms with Gasteiger partial charge in [0.1, 0.15) is 23.7 Å². The van der Waals surface area contributed by atoms with E-state index in [4.69, 9.17) is 14.9 Å². The molecule has 7 heteroatoms. The molecular formula is C19H26N6O. The van der Waals surface area contributed by atoms with E-state index in [2.05, 4.69) is 21.6 Å². The van der Waals surface area contributed by atoms with Crippen LogP contribution in [-0.2, 0) is 13.1 Å². The summed E-state index contributed by atoms with van der Waals surface area (Å²) in [6.45, 7) is 7.11. The summed E-state index contributed by atoms with van der Waals surface area (Å²) >= 11 is 0. The zero-order valence-corrected chi connectivity index (χ0v) is 15.1. The van der Waals surface area contributed by atoms with Crippen LogP contribution in [0.4, 0.5) is 0 Å². The molecule has 2 fully saturated rings. The van der Waals surface area contributed by atoms with Crippen LogP contribution in [0.1, 0.15) is 30.6 Å². The van der Waals surface area contributed by atoms with Crippen molar-refractivity contribution in [3.8, 4) is 12.1 Å². The molecule has 0 atom stereocenters. The van der Waals surface area contributed by atoms with Gasteiger partial charge in [0.05, 0.1) is 12.8 Å². The molecule has 0 saturated carbocycles. The molecule has 2 aliphatic rings. The predicted octanol–water partition coefficient (Wildman–Crippen LogP) is 1.52. The topological polar surface area (TPSA) is 91.3 Å². The zero-order chi connectivity index (χ0) is 18.2. The second kappa shape index (κ2) is 9.28. The number of nitriles is 2. The fourth-order valence-electron chi connectivity index (χ4n) is 3.52. The largest absolute Gasteiger partial charge is 0.468 e. The molecule has 0 spiro atoms. The van der Waals surface area contributed by atoms with Crippen LogP contribution in [0, 0.1) is 22.7 Å². The van der Waals surface area contributed by atoms with E-state index in [1.807, 2.05) is 23.3 Å². The van der Waals surface area contributed by atoms with E-state index in [9.17, 15) is 0 Å². The molecule has 3 heterocycles. The summed E-state index contributed by atoms with van der Waals surface area (Å²) in [5, 5.41) is 24.6. The number of hydrogen-bond donors (Lipinski definition) is 2. The van der Waals surface area contributed by atoms with Gasteiger partial charge in [0.25, 0.3) is 0 Å². The fraction of sp³-hybridized carbons (Fsp3) is 0.579. The Morgan fingerprint density at radius 3 is 2.77 bits per heavy atom. The van der Waals surface area contributed by atoms with E-state index in [0.29, 0.717) is 5.82 Å². The van der Waals surface area contributed by atoms with Crippen molar-refractivity contribution in [1.82, 2.24) is 20.4 Å². The first kappa shape index (κ1) is 18.3. The lowest BCUT2D eigenvalue weighted by Crippen LogP contribution is -2.30. The van der Waals surface area contributed by atoms with Gasteiger partial charge in [-0.05, 0) is 32.0 Å². The molecule has 3 rings (SSSR count). The van der Waals surface area contributed by atoms with Gasteiger partial charge < -0.3 is 20.0 Å². The molecular weight excluding hydrogens is 328 g/mol. The molecule has 0 aliphatic carbocycles. The minimum absolute atomic E-state index is 0.152. The average Bonchev–Trinajstić information content (AvgIpc) is 3.31. The van der Waals surface area contributed by atoms with Crippen LogP contribution in [-0.4, -0.2) is 49.1 Å². The van der Waals surface area contributed by atoms with Crippen LogP contribution in [0.15, 0.2) is 28.1 Å². The number of allylic oxidation sites excluding steroid dienone is 1. The second-order valence-electron chi connectivity index (χ2n) is 6.80. The van der Waals surface area contributed by atoms with Crippen molar-refractivity contribution >= 4 is 0 Å². The van der Waals surface area contributed by atoms with Gasteiger partial charge in [-0.1, -0.05) is 6.42 Å². The van der Waals surface area contributed by atoms with Crippen LogP contribution in [0.5, 0.6) is 0 Å². The number of furan rings is 1. The minimum atomic E-state index is 0.152. The summed E-state index contributed by atoms with van der Waals surface area (Å²) in [7, 11) is 0. The highest BCUT2D eigenvalue weighted by atomic mass is 16.3. The molecule has 7 nitrogen and oxygen atoms in total. The first-order valence-electron chi connectivity index (χ1n) is 9.33. The van der Waals surface area contributed by atoms with Crippen LogP contribution in [0.3, 0.4) is 0 Å². The summed E-state index contributed by atoms with van der Waals surface area (Å²) in [4.78, 5) is 4.50. The Kier molecular flexibility index (Phi) is 6.54. The van der Waals surface area contributed by atoms with Gasteiger partial charge >= 0.3 is 0 Å². The van der Waals surface area contributed by atoms with Gasteiger partial charge in [0.2, 0.25) is 0 Å². The molecule has 1 aromatic heterocycles. The van der Waals surface area contributed by atoms with Crippen LogP contribution >= 0.6 is 0 Å². The van der Waals surface area contributed by atoms with Crippen molar-refractivity contribution in [3.05, 3.63) is 35.0 Å². The van der Waals surface area contributed by atoms with Gasteiger partial charge in [-0.15, -0.1) is 0 Å². The molecule has 0 amide bonds. The molecule has 1 aromatic rings. The van der Waals surface area contributed by atoms with E-state index in [1.165, 1.54) is 32.4 Å². The lowest BCUT2D eigenvalue weighted by Gasteiger charge is -2.25. The van der Waals surface area contributed by atoms with Gasteiger partial charge in [-0.2, -0.15) is 10.5 Å². The van der Waals surface area contributed by atoms with E-state index in [-0.39, 0.29) is 5.57 Å². The highest BCUT2D eigenvalue weighted by Crippen LogP contribution is 2.15. The molecule has 2 N–H and O–H groups in total. The predicted molar refractivity (Wildman–Crippen MR) is 97.4 cm³/mol.